The van der Waals surface area contributed by atoms with Crippen molar-refractivity contribution < 1.29 is 0 Å². The molecular weight excluding hydrogens is 352 g/mol. The number of unbranched alkanes of at least 4 members (excludes halogenated alkanes) is 9. The number of rotatable bonds is 13. The Morgan fingerprint density at radius 2 is 1.48 bits per heavy atom. The Hall–Kier alpha value is -1.83. The van der Waals surface area contributed by atoms with Crippen molar-refractivity contribution in [3.8, 4) is 0 Å². The quantitative estimate of drug-likeness (QED) is 0.313. The van der Waals surface area contributed by atoms with E-state index < -0.39 is 0 Å². The molecule has 0 amide bonds. The summed E-state index contributed by atoms with van der Waals surface area (Å²) in [5.74, 6) is 0. The number of hydrogen-bond acceptors (Lipinski definition) is 2. The highest BCUT2D eigenvalue weighted by atomic mass is 15.1. The lowest BCUT2D eigenvalue weighted by Crippen LogP contribution is -2.17. The van der Waals surface area contributed by atoms with Crippen molar-refractivity contribution in [3.05, 3.63) is 53.6 Å². The first-order valence-electron chi connectivity index (χ1n) is 11.9. The number of aliphatic imine (C=N–C) groups is 1. The summed E-state index contributed by atoms with van der Waals surface area (Å²) in [7, 11) is 4.29. The lowest BCUT2D eigenvalue weighted by atomic mass is 9.93. The average molecular weight is 395 g/mol. The van der Waals surface area contributed by atoms with Gasteiger partial charge in [0.1, 0.15) is 0 Å². The summed E-state index contributed by atoms with van der Waals surface area (Å²) in [5, 5.41) is 0. The highest BCUT2D eigenvalue weighted by Gasteiger charge is 2.17. The Morgan fingerprint density at radius 1 is 0.862 bits per heavy atom. The van der Waals surface area contributed by atoms with E-state index in [0.29, 0.717) is 0 Å². The molecule has 1 aliphatic carbocycles. The Morgan fingerprint density at radius 3 is 2.10 bits per heavy atom. The van der Waals surface area contributed by atoms with Crippen molar-refractivity contribution in [2.45, 2.75) is 84.0 Å². The van der Waals surface area contributed by atoms with Crippen molar-refractivity contribution >= 4 is 11.4 Å². The molecule has 0 N–H and O–H groups in total. The van der Waals surface area contributed by atoms with Gasteiger partial charge >= 0.3 is 0 Å². The molecular formula is C27H42N2. The van der Waals surface area contributed by atoms with Gasteiger partial charge < -0.3 is 4.90 Å². The summed E-state index contributed by atoms with van der Waals surface area (Å²) in [6.07, 6.45) is 20.4. The van der Waals surface area contributed by atoms with Gasteiger partial charge in [-0.1, -0.05) is 101 Å². The van der Waals surface area contributed by atoms with Crippen molar-refractivity contribution in [1.29, 1.82) is 0 Å². The van der Waals surface area contributed by atoms with E-state index in [1.807, 2.05) is 0 Å². The molecule has 0 aliphatic heterocycles. The normalized spacial score (nSPS) is 17.0. The molecule has 0 heterocycles. The second kappa shape index (κ2) is 14.2. The number of benzene rings is 1. The van der Waals surface area contributed by atoms with Crippen LogP contribution in [-0.4, -0.2) is 31.3 Å². The predicted molar refractivity (Wildman–Crippen MR) is 130 cm³/mol. The minimum atomic E-state index is 0.954. The standard InChI is InChI=1S/C27H42N2/c1-4-5-6-7-8-9-10-11-12-18-23-28-26-22-17-16-21-25(26)27(29(2)3)24-19-14-13-15-20-24/h13-15,17,19-20,22H,4-12,16,18,21,23H2,1-3H3. The molecule has 0 bridgehead atoms. The summed E-state index contributed by atoms with van der Waals surface area (Å²) in [4.78, 5) is 7.26. The molecule has 1 aliphatic rings. The van der Waals surface area contributed by atoms with Gasteiger partial charge in [0.05, 0.1) is 5.71 Å². The maximum atomic E-state index is 5.01. The summed E-state index contributed by atoms with van der Waals surface area (Å²) in [6.45, 7) is 3.24. The second-order valence-corrected chi connectivity index (χ2v) is 8.48. The lowest BCUT2D eigenvalue weighted by molar-refractivity contribution is 0.558. The van der Waals surface area contributed by atoms with Gasteiger partial charge in [0.15, 0.2) is 0 Å². The van der Waals surface area contributed by atoms with Gasteiger partial charge in [-0.2, -0.15) is 0 Å². The molecule has 0 aromatic heterocycles. The number of nitrogens with zero attached hydrogens (tertiary/aromatic N) is 2. The van der Waals surface area contributed by atoms with E-state index in [1.54, 1.807) is 0 Å². The van der Waals surface area contributed by atoms with E-state index in [9.17, 15) is 0 Å². The van der Waals surface area contributed by atoms with Crippen LogP contribution in [0.1, 0.15) is 89.5 Å². The van der Waals surface area contributed by atoms with Crippen molar-refractivity contribution in [2.24, 2.45) is 4.99 Å². The molecule has 0 saturated carbocycles. The average Bonchev–Trinajstić information content (AvgIpc) is 2.74. The zero-order chi connectivity index (χ0) is 20.7. The molecule has 1 aromatic carbocycles. The molecule has 2 nitrogen and oxygen atoms in total. The molecule has 0 unspecified atom stereocenters. The van der Waals surface area contributed by atoms with Crippen molar-refractivity contribution in [1.82, 2.24) is 4.90 Å². The minimum absolute atomic E-state index is 0.954. The molecule has 29 heavy (non-hydrogen) atoms. The minimum Gasteiger partial charge on any atom is -0.377 e. The van der Waals surface area contributed by atoms with Crippen LogP contribution in [0.15, 0.2) is 53.0 Å². The monoisotopic (exact) mass is 394 g/mol. The third kappa shape index (κ3) is 8.60. The van der Waals surface area contributed by atoms with Crippen LogP contribution in [-0.2, 0) is 0 Å². The third-order valence-corrected chi connectivity index (χ3v) is 5.72. The Kier molecular flexibility index (Phi) is 11.5. The van der Waals surface area contributed by atoms with E-state index in [1.165, 1.54) is 86.8 Å². The van der Waals surface area contributed by atoms with E-state index >= 15 is 0 Å². The van der Waals surface area contributed by atoms with E-state index in [2.05, 4.69) is 68.4 Å². The van der Waals surface area contributed by atoms with Crippen LogP contribution >= 0.6 is 0 Å². The Balaban J connectivity index is 1.84. The fourth-order valence-electron chi connectivity index (χ4n) is 4.14. The molecule has 2 heteroatoms. The van der Waals surface area contributed by atoms with Gasteiger partial charge in [0.25, 0.3) is 0 Å². The van der Waals surface area contributed by atoms with Crippen LogP contribution < -0.4 is 0 Å². The highest BCUT2D eigenvalue weighted by Crippen LogP contribution is 2.28. The van der Waals surface area contributed by atoms with Crippen LogP contribution in [0.5, 0.6) is 0 Å². The lowest BCUT2D eigenvalue weighted by Gasteiger charge is -2.24. The Bertz CT molecular complexity index is 652. The molecule has 0 spiro atoms. The Labute approximate surface area is 179 Å². The largest absolute Gasteiger partial charge is 0.377 e. The summed E-state index contributed by atoms with van der Waals surface area (Å²) >= 11 is 0. The van der Waals surface area contributed by atoms with Crippen LogP contribution in [0, 0.1) is 0 Å². The fourth-order valence-corrected chi connectivity index (χ4v) is 4.14. The zero-order valence-corrected chi connectivity index (χ0v) is 19.1. The molecule has 0 fully saturated rings. The second-order valence-electron chi connectivity index (χ2n) is 8.48. The van der Waals surface area contributed by atoms with E-state index in [-0.39, 0.29) is 0 Å². The molecule has 0 radical (unpaired) electrons. The molecule has 2 rings (SSSR count). The first kappa shape index (κ1) is 23.4. The third-order valence-electron chi connectivity index (χ3n) is 5.72. The van der Waals surface area contributed by atoms with Gasteiger partial charge in [-0.15, -0.1) is 0 Å². The first-order valence-corrected chi connectivity index (χ1v) is 11.9. The van der Waals surface area contributed by atoms with Gasteiger partial charge in [-0.25, -0.2) is 0 Å². The summed E-state index contributed by atoms with van der Waals surface area (Å²) in [5.41, 5.74) is 5.20. The zero-order valence-electron chi connectivity index (χ0n) is 19.1. The topological polar surface area (TPSA) is 15.6 Å². The van der Waals surface area contributed by atoms with E-state index in [4.69, 9.17) is 4.99 Å². The SMILES string of the molecule is CCCCCCCCCCCCN=C1C=CCCC1=C(c1ccccc1)N(C)C. The molecule has 0 atom stereocenters. The van der Waals surface area contributed by atoms with Gasteiger partial charge in [-0.3, -0.25) is 4.99 Å². The maximum absolute atomic E-state index is 5.01. The number of allylic oxidation sites excluding steroid dienone is 3. The van der Waals surface area contributed by atoms with Crippen LogP contribution in [0.2, 0.25) is 0 Å². The van der Waals surface area contributed by atoms with Crippen molar-refractivity contribution in [2.75, 3.05) is 20.6 Å². The fraction of sp³-hybridized carbons (Fsp3) is 0.593. The molecule has 160 valence electrons. The van der Waals surface area contributed by atoms with Gasteiger partial charge in [0, 0.05) is 31.9 Å². The maximum Gasteiger partial charge on any atom is 0.0624 e. The van der Waals surface area contributed by atoms with E-state index in [0.717, 1.165) is 19.4 Å². The predicted octanol–water partition coefficient (Wildman–Crippen LogP) is 7.67. The van der Waals surface area contributed by atoms with Crippen LogP contribution in [0.25, 0.3) is 5.70 Å². The smallest absolute Gasteiger partial charge is 0.0624 e. The van der Waals surface area contributed by atoms with Crippen LogP contribution in [0.4, 0.5) is 0 Å². The molecule has 1 aromatic rings. The summed E-state index contributed by atoms with van der Waals surface area (Å²) < 4.78 is 0. The number of hydrogen-bond donors (Lipinski definition) is 0. The van der Waals surface area contributed by atoms with Gasteiger partial charge in [-0.05, 0) is 30.9 Å². The first-order chi connectivity index (χ1) is 14.2. The highest BCUT2D eigenvalue weighted by molar-refractivity contribution is 6.13. The summed E-state index contributed by atoms with van der Waals surface area (Å²) in [6, 6.07) is 10.8. The molecule has 0 saturated heterocycles. The van der Waals surface area contributed by atoms with Gasteiger partial charge in [0.2, 0.25) is 0 Å². The van der Waals surface area contributed by atoms with Crippen molar-refractivity contribution in [3.63, 3.8) is 0 Å². The van der Waals surface area contributed by atoms with Crippen LogP contribution in [0.3, 0.4) is 0 Å².